The van der Waals surface area contributed by atoms with E-state index >= 15 is 0 Å². The highest BCUT2D eigenvalue weighted by Crippen LogP contribution is 2.40. The topological polar surface area (TPSA) is 47.9 Å². The molecule has 0 unspecified atom stereocenters. The van der Waals surface area contributed by atoms with Gasteiger partial charge in [-0.25, -0.2) is 0 Å². The van der Waals surface area contributed by atoms with Crippen LogP contribution in [0.1, 0.15) is 54.9 Å². The summed E-state index contributed by atoms with van der Waals surface area (Å²) in [5, 5.41) is 9.26. The largest absolute Gasteiger partial charge is 0.508 e. The van der Waals surface area contributed by atoms with Crippen molar-refractivity contribution < 1.29 is 19.3 Å². The lowest BCUT2D eigenvalue weighted by molar-refractivity contribution is 0.320. The number of phenolic OH excluding ortho intramolecular Hbond substituents is 1. The lowest BCUT2D eigenvalue weighted by Crippen LogP contribution is -1.94. The second-order valence-corrected chi connectivity index (χ2v) is 4.19. The maximum atomic E-state index is 9.26. The fraction of sp³-hybridized carbons (Fsp3) is 0.667. The van der Waals surface area contributed by atoms with Crippen LogP contribution < -0.4 is 14.2 Å². The molecule has 0 bridgehead atoms. The number of hydrogen-bond acceptors (Lipinski definition) is 4. The normalized spacial score (nSPS) is 8.32. The SMILES string of the molecule is CC.CC.CCC(C)C.COc1cc(O)cc(OC)c1OC. The molecule has 0 amide bonds. The minimum absolute atomic E-state index is 0.0782. The van der Waals surface area contributed by atoms with Gasteiger partial charge in [-0.15, -0.1) is 0 Å². The third-order valence-corrected chi connectivity index (χ3v) is 2.47. The van der Waals surface area contributed by atoms with Gasteiger partial charge >= 0.3 is 0 Å². The summed E-state index contributed by atoms with van der Waals surface area (Å²) in [5.74, 6) is 2.33. The average molecular weight is 316 g/mol. The molecule has 0 aromatic heterocycles. The standard InChI is InChI=1S/C9H12O4.C5H12.2C2H6/c1-11-7-4-6(10)5-8(12-2)9(7)13-3;1-4-5(2)3;2*1-2/h4-5,10H,1-3H3;5H,4H2,1-3H3;2*1-2H3. The molecule has 4 nitrogen and oxygen atoms in total. The number of rotatable bonds is 4. The van der Waals surface area contributed by atoms with Gasteiger partial charge in [0.2, 0.25) is 5.75 Å². The first-order valence-corrected chi connectivity index (χ1v) is 7.99. The molecule has 132 valence electrons. The van der Waals surface area contributed by atoms with Gasteiger partial charge in [0.25, 0.3) is 0 Å². The van der Waals surface area contributed by atoms with Crippen LogP contribution in [0.5, 0.6) is 23.0 Å². The summed E-state index contributed by atoms with van der Waals surface area (Å²) in [6, 6.07) is 2.92. The number of benzene rings is 1. The van der Waals surface area contributed by atoms with E-state index in [1.165, 1.54) is 39.9 Å². The van der Waals surface area contributed by atoms with Crippen molar-refractivity contribution >= 4 is 0 Å². The van der Waals surface area contributed by atoms with E-state index in [4.69, 9.17) is 14.2 Å². The first-order valence-electron chi connectivity index (χ1n) is 7.99. The molecule has 0 atom stereocenters. The number of hydrogen-bond donors (Lipinski definition) is 1. The van der Waals surface area contributed by atoms with Crippen molar-refractivity contribution in [1.29, 1.82) is 0 Å². The zero-order chi connectivity index (χ0) is 18.1. The van der Waals surface area contributed by atoms with E-state index in [-0.39, 0.29) is 5.75 Å². The number of ether oxygens (including phenoxy) is 3. The van der Waals surface area contributed by atoms with E-state index in [1.807, 2.05) is 27.7 Å². The molecule has 0 aliphatic rings. The van der Waals surface area contributed by atoms with Crippen LogP contribution in [0.25, 0.3) is 0 Å². The van der Waals surface area contributed by atoms with Crippen LogP contribution >= 0.6 is 0 Å². The Morgan fingerprint density at radius 3 is 1.36 bits per heavy atom. The van der Waals surface area contributed by atoms with Crippen LogP contribution in [-0.4, -0.2) is 26.4 Å². The Balaban J connectivity index is -0.000000338. The molecular weight excluding hydrogens is 280 g/mol. The fourth-order valence-corrected chi connectivity index (χ4v) is 1.07. The van der Waals surface area contributed by atoms with Crippen LogP contribution in [0.15, 0.2) is 12.1 Å². The maximum Gasteiger partial charge on any atom is 0.203 e. The van der Waals surface area contributed by atoms with E-state index in [2.05, 4.69) is 20.8 Å². The first-order chi connectivity index (χ1) is 10.5. The van der Waals surface area contributed by atoms with Gasteiger partial charge in [-0.3, -0.25) is 0 Å². The Kier molecular flexibility index (Phi) is 20.2. The molecule has 4 heteroatoms. The highest BCUT2D eigenvalue weighted by molar-refractivity contribution is 5.55. The number of methoxy groups -OCH3 is 3. The zero-order valence-electron chi connectivity index (χ0n) is 16.1. The van der Waals surface area contributed by atoms with E-state index in [0.717, 1.165) is 5.92 Å². The average Bonchev–Trinajstić information content (AvgIpc) is 2.57. The Morgan fingerprint density at radius 2 is 1.18 bits per heavy atom. The molecule has 0 aliphatic carbocycles. The Hall–Kier alpha value is -1.58. The van der Waals surface area contributed by atoms with Crippen molar-refractivity contribution in [1.82, 2.24) is 0 Å². The summed E-state index contributed by atoms with van der Waals surface area (Å²) in [7, 11) is 4.50. The molecule has 1 aromatic carbocycles. The van der Waals surface area contributed by atoms with Gasteiger partial charge in [-0.1, -0.05) is 54.9 Å². The van der Waals surface area contributed by atoms with Gasteiger partial charge in [0, 0.05) is 12.1 Å². The van der Waals surface area contributed by atoms with Crippen LogP contribution in [0.4, 0.5) is 0 Å². The van der Waals surface area contributed by atoms with Crippen LogP contribution in [0.3, 0.4) is 0 Å². The van der Waals surface area contributed by atoms with E-state index < -0.39 is 0 Å². The predicted octanol–water partition coefficient (Wildman–Crippen LogP) is 5.52. The quantitative estimate of drug-likeness (QED) is 0.794. The van der Waals surface area contributed by atoms with Crippen molar-refractivity contribution in [3.63, 3.8) is 0 Å². The number of aromatic hydroxyl groups is 1. The summed E-state index contributed by atoms with van der Waals surface area (Å²) < 4.78 is 15.0. The van der Waals surface area contributed by atoms with Gasteiger partial charge in [0.1, 0.15) is 5.75 Å². The van der Waals surface area contributed by atoms with Gasteiger partial charge in [0.05, 0.1) is 21.3 Å². The molecule has 1 rings (SSSR count). The van der Waals surface area contributed by atoms with Crippen molar-refractivity contribution in [3.05, 3.63) is 12.1 Å². The van der Waals surface area contributed by atoms with Crippen LogP contribution in [-0.2, 0) is 0 Å². The van der Waals surface area contributed by atoms with Gasteiger partial charge in [0.15, 0.2) is 11.5 Å². The monoisotopic (exact) mass is 316 g/mol. The molecule has 0 saturated carbocycles. The third-order valence-electron chi connectivity index (χ3n) is 2.47. The fourth-order valence-electron chi connectivity index (χ4n) is 1.07. The van der Waals surface area contributed by atoms with Crippen LogP contribution in [0, 0.1) is 5.92 Å². The molecule has 0 radical (unpaired) electrons. The van der Waals surface area contributed by atoms with Crippen LogP contribution in [0.2, 0.25) is 0 Å². The highest BCUT2D eigenvalue weighted by Gasteiger charge is 2.12. The van der Waals surface area contributed by atoms with Crippen molar-refractivity contribution in [2.75, 3.05) is 21.3 Å². The molecule has 0 spiro atoms. The summed E-state index contributed by atoms with van der Waals surface area (Å²) in [6.07, 6.45) is 1.31. The molecule has 22 heavy (non-hydrogen) atoms. The van der Waals surface area contributed by atoms with Gasteiger partial charge in [-0.05, 0) is 5.92 Å². The lowest BCUT2D eigenvalue weighted by Gasteiger charge is -2.11. The molecule has 0 saturated heterocycles. The molecule has 0 aliphatic heterocycles. The van der Waals surface area contributed by atoms with Gasteiger partial charge in [-0.2, -0.15) is 0 Å². The second-order valence-electron chi connectivity index (χ2n) is 4.19. The van der Waals surface area contributed by atoms with E-state index in [1.54, 1.807) is 0 Å². The van der Waals surface area contributed by atoms with E-state index in [0.29, 0.717) is 17.2 Å². The highest BCUT2D eigenvalue weighted by atomic mass is 16.5. The lowest BCUT2D eigenvalue weighted by atomic mass is 10.2. The van der Waals surface area contributed by atoms with Crippen molar-refractivity contribution in [2.45, 2.75) is 54.9 Å². The predicted molar refractivity (Wildman–Crippen MR) is 95.6 cm³/mol. The minimum Gasteiger partial charge on any atom is -0.508 e. The summed E-state index contributed by atoms with van der Waals surface area (Å²) in [5.41, 5.74) is 0. The van der Waals surface area contributed by atoms with Crippen molar-refractivity contribution in [3.8, 4) is 23.0 Å². The van der Waals surface area contributed by atoms with E-state index in [9.17, 15) is 5.11 Å². The summed E-state index contributed by atoms with van der Waals surface area (Å²) in [6.45, 7) is 14.6. The smallest absolute Gasteiger partial charge is 0.203 e. The summed E-state index contributed by atoms with van der Waals surface area (Å²) in [4.78, 5) is 0. The Labute approximate surface area is 137 Å². The van der Waals surface area contributed by atoms with Crippen molar-refractivity contribution in [2.24, 2.45) is 5.92 Å². The third kappa shape index (κ3) is 11.1. The van der Waals surface area contributed by atoms with Gasteiger partial charge < -0.3 is 19.3 Å². The molecule has 1 aromatic rings. The molecule has 0 heterocycles. The minimum atomic E-state index is 0.0782. The second kappa shape index (κ2) is 17.5. The Bertz CT molecular complexity index is 324. The number of phenols is 1. The Morgan fingerprint density at radius 1 is 0.864 bits per heavy atom. The summed E-state index contributed by atoms with van der Waals surface area (Å²) >= 11 is 0. The maximum absolute atomic E-state index is 9.26. The molecule has 0 fully saturated rings. The molecule has 1 N–H and O–H groups in total. The first kappa shape index (κ1) is 25.4. The molecular formula is C18H36O4. The zero-order valence-corrected chi connectivity index (χ0v) is 16.1.